The maximum absolute atomic E-state index is 10.9. The van der Waals surface area contributed by atoms with Gasteiger partial charge in [-0.2, -0.15) is 0 Å². The Morgan fingerprint density at radius 3 is 2.71 bits per heavy atom. The van der Waals surface area contributed by atoms with Gasteiger partial charge in [0.25, 0.3) is 0 Å². The van der Waals surface area contributed by atoms with E-state index in [0.29, 0.717) is 19.6 Å². The molecule has 0 radical (unpaired) electrons. The number of ether oxygens (including phenoxy) is 2. The van der Waals surface area contributed by atoms with Crippen molar-refractivity contribution in [1.82, 2.24) is 5.32 Å². The van der Waals surface area contributed by atoms with Gasteiger partial charge >= 0.3 is 0 Å². The molecule has 1 heterocycles. The van der Waals surface area contributed by atoms with Gasteiger partial charge in [0.05, 0.1) is 13.2 Å². The molecule has 0 unspecified atom stereocenters. The zero-order valence-corrected chi connectivity index (χ0v) is 8.49. The first-order chi connectivity index (χ1) is 6.79. The third kappa shape index (κ3) is 1.69. The number of carbonyl (C=O) groups excluding carboxylic acids is 1. The van der Waals surface area contributed by atoms with Crippen molar-refractivity contribution in [2.24, 2.45) is 5.92 Å². The summed E-state index contributed by atoms with van der Waals surface area (Å²) in [6, 6.07) is 0.283. The van der Waals surface area contributed by atoms with Crippen LogP contribution in [0.4, 0.5) is 0 Å². The monoisotopic (exact) mass is 199 g/mol. The number of hydrogen-bond donors (Lipinski definition) is 1. The van der Waals surface area contributed by atoms with Crippen LogP contribution in [0.5, 0.6) is 0 Å². The van der Waals surface area contributed by atoms with Crippen LogP contribution in [0.25, 0.3) is 0 Å². The molecule has 4 nitrogen and oxygen atoms in total. The van der Waals surface area contributed by atoms with Crippen LogP contribution in [0.15, 0.2) is 0 Å². The van der Waals surface area contributed by atoms with Crippen molar-refractivity contribution in [2.45, 2.75) is 31.1 Å². The Balaban J connectivity index is 2.03. The Hall–Kier alpha value is -0.450. The van der Waals surface area contributed by atoms with E-state index in [1.54, 1.807) is 0 Å². The molecule has 1 spiro atoms. The first-order valence-electron chi connectivity index (χ1n) is 5.20. The molecule has 0 aromatic rings. The molecule has 0 aromatic carbocycles. The molecule has 0 amide bonds. The van der Waals surface area contributed by atoms with Crippen LogP contribution < -0.4 is 5.32 Å². The molecule has 0 bridgehead atoms. The zero-order chi connectivity index (χ0) is 10.0. The van der Waals surface area contributed by atoms with Crippen molar-refractivity contribution in [3.63, 3.8) is 0 Å². The predicted octanol–water partition coefficient (Wildman–Crippen LogP) is 0.316. The first kappa shape index (κ1) is 10.1. The van der Waals surface area contributed by atoms with E-state index in [-0.39, 0.29) is 12.0 Å². The molecule has 1 aliphatic heterocycles. The number of nitrogens with one attached hydrogen (secondary N) is 1. The average molecular weight is 199 g/mol. The van der Waals surface area contributed by atoms with Gasteiger partial charge in [-0.05, 0) is 13.5 Å². The van der Waals surface area contributed by atoms with Crippen LogP contribution in [0, 0.1) is 5.92 Å². The van der Waals surface area contributed by atoms with Gasteiger partial charge in [-0.1, -0.05) is 0 Å². The quantitative estimate of drug-likeness (QED) is 0.650. The summed E-state index contributed by atoms with van der Waals surface area (Å²) in [6.07, 6.45) is 3.55. The van der Waals surface area contributed by atoms with Gasteiger partial charge in [-0.15, -0.1) is 0 Å². The van der Waals surface area contributed by atoms with Crippen molar-refractivity contribution in [2.75, 3.05) is 20.3 Å². The third-order valence-corrected chi connectivity index (χ3v) is 3.26. The maximum atomic E-state index is 10.9. The number of rotatable bonds is 2. The van der Waals surface area contributed by atoms with E-state index in [1.807, 2.05) is 7.05 Å². The van der Waals surface area contributed by atoms with Gasteiger partial charge in [0.15, 0.2) is 5.79 Å². The molecule has 14 heavy (non-hydrogen) atoms. The second kappa shape index (κ2) is 3.96. The standard InChI is InChI=1S/C10H17NO3/c1-11-9-2-3-10(6-8(9)7-12)13-4-5-14-10/h7-9,11H,2-6H2,1H3/t8-,9+/m0/s1. The highest BCUT2D eigenvalue weighted by atomic mass is 16.7. The lowest BCUT2D eigenvalue weighted by molar-refractivity contribution is -0.189. The molecule has 0 aromatic heterocycles. The molecule has 1 N–H and O–H groups in total. The number of hydrogen-bond acceptors (Lipinski definition) is 4. The summed E-state index contributed by atoms with van der Waals surface area (Å²) in [6.45, 7) is 1.32. The summed E-state index contributed by atoms with van der Waals surface area (Å²) in [5, 5.41) is 3.17. The summed E-state index contributed by atoms with van der Waals surface area (Å²) in [5.74, 6) is -0.425. The Morgan fingerprint density at radius 2 is 2.14 bits per heavy atom. The molecule has 1 saturated carbocycles. The lowest BCUT2D eigenvalue weighted by atomic mass is 9.81. The van der Waals surface area contributed by atoms with Gasteiger partial charge in [0, 0.05) is 24.8 Å². The second-order valence-electron chi connectivity index (χ2n) is 4.05. The lowest BCUT2D eigenvalue weighted by Gasteiger charge is -2.38. The summed E-state index contributed by atoms with van der Waals surface area (Å²) >= 11 is 0. The summed E-state index contributed by atoms with van der Waals surface area (Å²) < 4.78 is 11.2. The SMILES string of the molecule is CN[C@@H]1CCC2(C[C@H]1C=O)OCCO2. The molecule has 4 heteroatoms. The van der Waals surface area contributed by atoms with Crippen molar-refractivity contribution in [1.29, 1.82) is 0 Å². The zero-order valence-electron chi connectivity index (χ0n) is 8.49. The van der Waals surface area contributed by atoms with Crippen LogP contribution in [-0.4, -0.2) is 38.4 Å². The van der Waals surface area contributed by atoms with Crippen molar-refractivity contribution >= 4 is 6.29 Å². The van der Waals surface area contributed by atoms with Crippen LogP contribution in [0.2, 0.25) is 0 Å². The van der Waals surface area contributed by atoms with Gasteiger partial charge in [0.1, 0.15) is 6.29 Å². The van der Waals surface area contributed by atoms with E-state index in [4.69, 9.17) is 9.47 Å². The van der Waals surface area contributed by atoms with Crippen molar-refractivity contribution in [3.05, 3.63) is 0 Å². The van der Waals surface area contributed by atoms with E-state index in [1.165, 1.54) is 0 Å². The smallest absolute Gasteiger partial charge is 0.169 e. The average Bonchev–Trinajstić information content (AvgIpc) is 2.66. The highest BCUT2D eigenvalue weighted by Gasteiger charge is 2.44. The molecule has 2 atom stereocenters. The van der Waals surface area contributed by atoms with Gasteiger partial charge in [-0.25, -0.2) is 0 Å². The van der Waals surface area contributed by atoms with E-state index < -0.39 is 5.79 Å². The fourth-order valence-electron chi connectivity index (χ4n) is 2.45. The fourth-order valence-corrected chi connectivity index (χ4v) is 2.45. The van der Waals surface area contributed by atoms with Gasteiger partial charge in [-0.3, -0.25) is 0 Å². The van der Waals surface area contributed by atoms with Crippen LogP contribution in [-0.2, 0) is 14.3 Å². The fraction of sp³-hybridized carbons (Fsp3) is 0.900. The molecular weight excluding hydrogens is 182 g/mol. The molecule has 2 fully saturated rings. The topological polar surface area (TPSA) is 47.6 Å². The highest BCUT2D eigenvalue weighted by Crippen LogP contribution is 2.37. The summed E-state index contributed by atoms with van der Waals surface area (Å²) in [5.41, 5.74) is 0. The van der Waals surface area contributed by atoms with Crippen LogP contribution in [0.1, 0.15) is 19.3 Å². The van der Waals surface area contributed by atoms with E-state index in [2.05, 4.69) is 5.32 Å². The summed E-state index contributed by atoms with van der Waals surface area (Å²) in [7, 11) is 1.90. The molecule has 1 aliphatic carbocycles. The summed E-state index contributed by atoms with van der Waals surface area (Å²) in [4.78, 5) is 10.9. The first-order valence-corrected chi connectivity index (χ1v) is 5.20. The van der Waals surface area contributed by atoms with Gasteiger partial charge < -0.3 is 19.6 Å². The lowest BCUT2D eigenvalue weighted by Crippen LogP contribution is -2.47. The van der Waals surface area contributed by atoms with Gasteiger partial charge in [0.2, 0.25) is 0 Å². The molecule has 2 aliphatic rings. The molecular formula is C10H17NO3. The Kier molecular flexibility index (Phi) is 2.85. The third-order valence-electron chi connectivity index (χ3n) is 3.26. The maximum Gasteiger partial charge on any atom is 0.169 e. The minimum absolute atomic E-state index is 0.0202. The normalized spacial score (nSPS) is 36.1. The Bertz CT molecular complexity index is 213. The second-order valence-corrected chi connectivity index (χ2v) is 4.05. The molecule has 80 valence electrons. The molecule has 2 rings (SSSR count). The van der Waals surface area contributed by atoms with Crippen molar-refractivity contribution in [3.8, 4) is 0 Å². The highest BCUT2D eigenvalue weighted by molar-refractivity contribution is 5.55. The van der Waals surface area contributed by atoms with E-state index in [9.17, 15) is 4.79 Å². The number of aldehydes is 1. The predicted molar refractivity (Wildman–Crippen MR) is 50.9 cm³/mol. The van der Waals surface area contributed by atoms with Crippen LogP contribution in [0.3, 0.4) is 0 Å². The Labute approximate surface area is 84.0 Å². The largest absolute Gasteiger partial charge is 0.348 e. The van der Waals surface area contributed by atoms with E-state index in [0.717, 1.165) is 19.1 Å². The Morgan fingerprint density at radius 1 is 1.43 bits per heavy atom. The minimum Gasteiger partial charge on any atom is -0.348 e. The minimum atomic E-state index is -0.446. The van der Waals surface area contributed by atoms with E-state index >= 15 is 0 Å². The van der Waals surface area contributed by atoms with Crippen molar-refractivity contribution < 1.29 is 14.3 Å². The molecule has 1 saturated heterocycles. The van der Waals surface area contributed by atoms with Crippen LogP contribution >= 0.6 is 0 Å². The number of carbonyl (C=O) groups is 1.